The zero-order valence-electron chi connectivity index (χ0n) is 15.4. The summed E-state index contributed by atoms with van der Waals surface area (Å²) in [6.45, 7) is 4.46. The molecule has 140 valence electrons. The summed E-state index contributed by atoms with van der Waals surface area (Å²) in [5.74, 6) is 0.843. The van der Waals surface area contributed by atoms with Gasteiger partial charge < -0.3 is 4.74 Å². The summed E-state index contributed by atoms with van der Waals surface area (Å²) >= 11 is 0. The maximum atomic E-state index is 12.7. The fraction of sp³-hybridized carbons (Fsp3) is 0.429. The van der Waals surface area contributed by atoms with E-state index < -0.39 is 10.1 Å². The Morgan fingerprint density at radius 1 is 1.00 bits per heavy atom. The van der Waals surface area contributed by atoms with E-state index in [1.165, 1.54) is 0 Å². The third kappa shape index (κ3) is 4.27. The van der Waals surface area contributed by atoms with Gasteiger partial charge in [-0.15, -0.1) is 0 Å². The van der Waals surface area contributed by atoms with Crippen molar-refractivity contribution in [1.29, 1.82) is 0 Å². The summed E-state index contributed by atoms with van der Waals surface area (Å²) in [4.78, 5) is 0.213. The summed E-state index contributed by atoms with van der Waals surface area (Å²) in [7, 11) is -3.78. The first-order chi connectivity index (χ1) is 12.5. The minimum absolute atomic E-state index is 0.0201. The van der Waals surface area contributed by atoms with Crippen molar-refractivity contribution in [3.8, 4) is 5.75 Å². The SMILES string of the molecule is CCOc1ccccc1C1CCCCC1OS(=O)(=O)c1ccc(C)cc1. The molecule has 0 bridgehead atoms. The monoisotopic (exact) mass is 374 g/mol. The summed E-state index contributed by atoms with van der Waals surface area (Å²) in [6, 6.07) is 14.7. The van der Waals surface area contributed by atoms with E-state index in [-0.39, 0.29) is 16.9 Å². The van der Waals surface area contributed by atoms with Gasteiger partial charge in [0.15, 0.2) is 0 Å². The van der Waals surface area contributed by atoms with Crippen LogP contribution < -0.4 is 4.74 Å². The molecular weight excluding hydrogens is 348 g/mol. The molecule has 1 aliphatic rings. The van der Waals surface area contributed by atoms with Crippen molar-refractivity contribution in [2.45, 2.75) is 56.4 Å². The molecule has 0 N–H and O–H groups in total. The lowest BCUT2D eigenvalue weighted by atomic mass is 9.81. The molecule has 1 fully saturated rings. The van der Waals surface area contributed by atoms with Gasteiger partial charge in [-0.2, -0.15) is 8.42 Å². The fourth-order valence-corrected chi connectivity index (χ4v) is 4.70. The third-order valence-corrected chi connectivity index (χ3v) is 6.23. The Morgan fingerprint density at radius 2 is 1.69 bits per heavy atom. The Bertz CT molecular complexity index is 827. The van der Waals surface area contributed by atoms with Crippen molar-refractivity contribution in [2.75, 3.05) is 6.61 Å². The molecule has 5 heteroatoms. The fourth-order valence-electron chi connectivity index (χ4n) is 3.56. The second kappa shape index (κ2) is 8.23. The lowest BCUT2D eigenvalue weighted by Gasteiger charge is -2.32. The lowest BCUT2D eigenvalue weighted by Crippen LogP contribution is -2.29. The van der Waals surface area contributed by atoms with Crippen LogP contribution in [0.25, 0.3) is 0 Å². The van der Waals surface area contributed by atoms with E-state index in [2.05, 4.69) is 0 Å². The number of hydrogen-bond donors (Lipinski definition) is 0. The van der Waals surface area contributed by atoms with Crippen LogP contribution >= 0.6 is 0 Å². The highest BCUT2D eigenvalue weighted by molar-refractivity contribution is 7.86. The first-order valence-electron chi connectivity index (χ1n) is 9.23. The predicted molar refractivity (Wildman–Crippen MR) is 102 cm³/mol. The Kier molecular flexibility index (Phi) is 5.99. The van der Waals surface area contributed by atoms with E-state index in [0.29, 0.717) is 6.61 Å². The zero-order chi connectivity index (χ0) is 18.6. The Morgan fingerprint density at radius 3 is 2.42 bits per heavy atom. The number of hydrogen-bond acceptors (Lipinski definition) is 4. The minimum Gasteiger partial charge on any atom is -0.494 e. The minimum atomic E-state index is -3.78. The summed E-state index contributed by atoms with van der Waals surface area (Å²) in [5.41, 5.74) is 2.06. The van der Waals surface area contributed by atoms with Gasteiger partial charge in [0.25, 0.3) is 10.1 Å². The van der Waals surface area contributed by atoms with E-state index in [1.807, 2.05) is 38.1 Å². The highest BCUT2D eigenvalue weighted by atomic mass is 32.2. The van der Waals surface area contributed by atoms with Crippen molar-refractivity contribution in [3.05, 3.63) is 59.7 Å². The number of benzene rings is 2. The molecule has 0 saturated heterocycles. The normalized spacial score (nSPS) is 20.7. The van der Waals surface area contributed by atoms with E-state index >= 15 is 0 Å². The molecule has 0 aliphatic heterocycles. The zero-order valence-corrected chi connectivity index (χ0v) is 16.2. The second-order valence-electron chi connectivity index (χ2n) is 6.76. The molecule has 4 nitrogen and oxygen atoms in total. The molecule has 1 aliphatic carbocycles. The van der Waals surface area contributed by atoms with Gasteiger partial charge in [-0.05, 0) is 50.5 Å². The molecule has 0 radical (unpaired) electrons. The lowest BCUT2D eigenvalue weighted by molar-refractivity contribution is 0.135. The largest absolute Gasteiger partial charge is 0.494 e. The van der Waals surface area contributed by atoms with Gasteiger partial charge in [0.1, 0.15) is 5.75 Å². The van der Waals surface area contributed by atoms with E-state index in [4.69, 9.17) is 8.92 Å². The number of rotatable bonds is 6. The standard InChI is InChI=1S/C21H26O4S/c1-3-24-20-10-6-4-8-18(20)19-9-5-7-11-21(19)25-26(22,23)17-14-12-16(2)13-15-17/h4,6,8,10,12-15,19,21H,3,5,7,9,11H2,1-2H3. The van der Waals surface area contributed by atoms with Crippen LogP contribution in [0.4, 0.5) is 0 Å². The first kappa shape index (κ1) is 18.9. The van der Waals surface area contributed by atoms with Crippen LogP contribution in [-0.2, 0) is 14.3 Å². The smallest absolute Gasteiger partial charge is 0.297 e. The van der Waals surface area contributed by atoms with Crippen LogP contribution in [0.5, 0.6) is 5.75 Å². The molecule has 2 aromatic rings. The summed E-state index contributed by atoms with van der Waals surface area (Å²) in [5, 5.41) is 0. The topological polar surface area (TPSA) is 52.6 Å². The first-order valence-corrected chi connectivity index (χ1v) is 10.6. The quantitative estimate of drug-likeness (QED) is 0.680. The Labute approximate surface area is 156 Å². The summed E-state index contributed by atoms with van der Waals surface area (Å²) < 4.78 is 37.0. The molecule has 2 aromatic carbocycles. The Balaban J connectivity index is 1.87. The second-order valence-corrected chi connectivity index (χ2v) is 8.34. The van der Waals surface area contributed by atoms with E-state index in [0.717, 1.165) is 42.6 Å². The average molecular weight is 375 g/mol. The molecule has 2 unspecified atom stereocenters. The molecule has 0 aromatic heterocycles. The van der Waals surface area contributed by atoms with Crippen LogP contribution in [0.15, 0.2) is 53.4 Å². The molecule has 1 saturated carbocycles. The molecule has 3 rings (SSSR count). The van der Waals surface area contributed by atoms with Crippen LogP contribution in [0.1, 0.15) is 49.7 Å². The summed E-state index contributed by atoms with van der Waals surface area (Å²) in [6.07, 6.45) is 3.31. The van der Waals surface area contributed by atoms with Crippen LogP contribution in [-0.4, -0.2) is 21.1 Å². The van der Waals surface area contributed by atoms with Crippen LogP contribution in [0, 0.1) is 6.92 Å². The van der Waals surface area contributed by atoms with E-state index in [9.17, 15) is 8.42 Å². The number of aryl methyl sites for hydroxylation is 1. The molecule has 2 atom stereocenters. The molecule has 0 heterocycles. The number of para-hydroxylation sites is 1. The number of ether oxygens (including phenoxy) is 1. The molecule has 0 amide bonds. The van der Waals surface area contributed by atoms with Crippen molar-refractivity contribution < 1.29 is 17.3 Å². The van der Waals surface area contributed by atoms with Crippen molar-refractivity contribution in [3.63, 3.8) is 0 Å². The van der Waals surface area contributed by atoms with Gasteiger partial charge in [-0.25, -0.2) is 0 Å². The molecule has 26 heavy (non-hydrogen) atoms. The highest BCUT2D eigenvalue weighted by Gasteiger charge is 2.33. The Hall–Kier alpha value is -1.85. The predicted octanol–water partition coefficient (Wildman–Crippen LogP) is 4.83. The van der Waals surface area contributed by atoms with Gasteiger partial charge in [-0.1, -0.05) is 48.7 Å². The van der Waals surface area contributed by atoms with Gasteiger partial charge in [-0.3, -0.25) is 4.18 Å². The highest BCUT2D eigenvalue weighted by Crippen LogP contribution is 2.40. The van der Waals surface area contributed by atoms with Gasteiger partial charge >= 0.3 is 0 Å². The van der Waals surface area contributed by atoms with Gasteiger partial charge in [0.2, 0.25) is 0 Å². The maximum absolute atomic E-state index is 12.7. The van der Waals surface area contributed by atoms with Gasteiger partial charge in [0.05, 0.1) is 17.6 Å². The van der Waals surface area contributed by atoms with Crippen LogP contribution in [0.3, 0.4) is 0 Å². The van der Waals surface area contributed by atoms with Crippen molar-refractivity contribution >= 4 is 10.1 Å². The van der Waals surface area contributed by atoms with Crippen molar-refractivity contribution in [1.82, 2.24) is 0 Å². The molecule has 0 spiro atoms. The van der Waals surface area contributed by atoms with Crippen LogP contribution in [0.2, 0.25) is 0 Å². The maximum Gasteiger partial charge on any atom is 0.297 e. The van der Waals surface area contributed by atoms with Crippen molar-refractivity contribution in [2.24, 2.45) is 0 Å². The average Bonchev–Trinajstić information content (AvgIpc) is 2.63. The third-order valence-electron chi connectivity index (χ3n) is 4.88. The van der Waals surface area contributed by atoms with Gasteiger partial charge in [0, 0.05) is 5.92 Å². The van der Waals surface area contributed by atoms with E-state index in [1.54, 1.807) is 24.3 Å². The molecular formula is C21H26O4S.